The second-order valence-electron chi connectivity index (χ2n) is 7.63. The molecule has 0 unspecified atom stereocenters. The Bertz CT molecular complexity index is 375. The molecular weight excluding hydrogens is 324 g/mol. The third kappa shape index (κ3) is 6.15. The van der Waals surface area contributed by atoms with Crippen molar-refractivity contribution in [3.63, 3.8) is 0 Å². The van der Waals surface area contributed by atoms with Gasteiger partial charge in [0.1, 0.15) is 24.4 Å². The molecule has 6 heteroatoms. The number of aliphatic hydroxyl groups excluding tert-OH is 2. The van der Waals surface area contributed by atoms with Crippen molar-refractivity contribution in [1.29, 1.82) is 0 Å². The van der Waals surface area contributed by atoms with E-state index in [-0.39, 0.29) is 12.7 Å². The summed E-state index contributed by atoms with van der Waals surface area (Å²) < 4.78 is 23.3. The Morgan fingerprint density at radius 3 is 2.28 bits per heavy atom. The predicted octanol–water partition coefficient (Wildman–Crippen LogP) is 2.74. The molecule has 148 valence electrons. The Balaban J connectivity index is 1.70. The first-order chi connectivity index (χ1) is 12.0. The summed E-state index contributed by atoms with van der Waals surface area (Å²) in [6.45, 7) is 6.13. The van der Waals surface area contributed by atoms with E-state index in [9.17, 15) is 10.2 Å². The lowest BCUT2D eigenvalue weighted by Crippen LogP contribution is -2.44. The molecule has 2 saturated heterocycles. The second-order valence-corrected chi connectivity index (χ2v) is 7.63. The van der Waals surface area contributed by atoms with Gasteiger partial charge in [-0.2, -0.15) is 0 Å². The van der Waals surface area contributed by atoms with Gasteiger partial charge in [-0.3, -0.25) is 0 Å². The molecule has 0 aromatic heterocycles. The van der Waals surface area contributed by atoms with Gasteiger partial charge in [-0.05, 0) is 20.3 Å². The van der Waals surface area contributed by atoms with Gasteiger partial charge in [-0.25, -0.2) is 0 Å². The highest BCUT2D eigenvalue weighted by Crippen LogP contribution is 2.39. The van der Waals surface area contributed by atoms with Gasteiger partial charge in [0.15, 0.2) is 12.1 Å². The van der Waals surface area contributed by atoms with Crippen LogP contribution in [0.15, 0.2) is 0 Å². The van der Waals surface area contributed by atoms with Crippen molar-refractivity contribution >= 4 is 0 Å². The van der Waals surface area contributed by atoms with Crippen LogP contribution in [0, 0.1) is 0 Å². The van der Waals surface area contributed by atoms with Crippen molar-refractivity contribution in [2.45, 2.75) is 109 Å². The lowest BCUT2D eigenvalue weighted by Gasteiger charge is -2.28. The normalized spacial score (nSPS) is 32.0. The van der Waals surface area contributed by atoms with Crippen LogP contribution in [0.5, 0.6) is 0 Å². The molecule has 2 heterocycles. The quantitative estimate of drug-likeness (QED) is 0.521. The smallest absolute Gasteiger partial charge is 0.190 e. The Kier molecular flexibility index (Phi) is 8.58. The number of hydrogen-bond donors (Lipinski definition) is 2. The van der Waals surface area contributed by atoms with Gasteiger partial charge in [-0.15, -0.1) is 0 Å². The summed E-state index contributed by atoms with van der Waals surface area (Å²) in [5, 5.41) is 19.2. The van der Waals surface area contributed by atoms with Crippen LogP contribution < -0.4 is 0 Å². The van der Waals surface area contributed by atoms with Crippen molar-refractivity contribution in [2.75, 3.05) is 13.2 Å². The van der Waals surface area contributed by atoms with E-state index < -0.39 is 30.4 Å². The van der Waals surface area contributed by atoms with Crippen LogP contribution in [-0.2, 0) is 18.9 Å². The van der Waals surface area contributed by atoms with E-state index in [0.717, 1.165) is 12.8 Å². The first-order valence-corrected chi connectivity index (χ1v) is 9.90. The van der Waals surface area contributed by atoms with E-state index in [1.807, 2.05) is 13.8 Å². The molecule has 0 saturated carbocycles. The lowest BCUT2D eigenvalue weighted by molar-refractivity contribution is -0.231. The number of fused-ring (bicyclic) bond motifs is 1. The molecule has 2 rings (SSSR count). The molecule has 6 nitrogen and oxygen atoms in total. The molecule has 2 aliphatic rings. The second kappa shape index (κ2) is 10.2. The standard InChI is InChI=1S/C19H36O6/c1-4-5-6-7-8-9-10-11-12-22-16-15(14(21)13-20)23-18-17(16)24-19(2,3)25-18/h14-18,20-21H,4-13H2,1-3H3/t14-,15-,16+,17-,18-/m1/s1. The summed E-state index contributed by atoms with van der Waals surface area (Å²) in [7, 11) is 0. The number of ether oxygens (including phenoxy) is 4. The number of aliphatic hydroxyl groups is 2. The Morgan fingerprint density at radius 1 is 1.00 bits per heavy atom. The first-order valence-electron chi connectivity index (χ1n) is 9.90. The molecule has 0 amide bonds. The molecule has 0 bridgehead atoms. The fourth-order valence-corrected chi connectivity index (χ4v) is 3.56. The highest BCUT2D eigenvalue weighted by atomic mass is 16.8. The van der Waals surface area contributed by atoms with E-state index >= 15 is 0 Å². The maximum atomic E-state index is 9.99. The molecule has 0 aliphatic carbocycles. The van der Waals surface area contributed by atoms with E-state index in [1.54, 1.807) is 0 Å². The van der Waals surface area contributed by atoms with Crippen LogP contribution in [0.3, 0.4) is 0 Å². The van der Waals surface area contributed by atoms with Gasteiger partial charge in [0, 0.05) is 6.61 Å². The number of hydrogen-bond acceptors (Lipinski definition) is 6. The van der Waals surface area contributed by atoms with Crippen molar-refractivity contribution in [3.05, 3.63) is 0 Å². The summed E-state index contributed by atoms with van der Waals surface area (Å²) in [5.41, 5.74) is 0. The van der Waals surface area contributed by atoms with Gasteiger partial charge >= 0.3 is 0 Å². The SMILES string of the molecule is CCCCCCCCCCO[C@@H]1[C@H]2OC(C)(C)O[C@H]2O[C@@H]1[C@H](O)CO. The van der Waals surface area contributed by atoms with E-state index in [0.29, 0.717) is 6.61 Å². The van der Waals surface area contributed by atoms with Crippen molar-refractivity contribution in [1.82, 2.24) is 0 Å². The van der Waals surface area contributed by atoms with E-state index in [2.05, 4.69) is 6.92 Å². The van der Waals surface area contributed by atoms with E-state index in [4.69, 9.17) is 18.9 Å². The average Bonchev–Trinajstić information content (AvgIpc) is 3.05. The van der Waals surface area contributed by atoms with Gasteiger partial charge in [0.25, 0.3) is 0 Å². The maximum absolute atomic E-state index is 9.99. The minimum Gasteiger partial charge on any atom is -0.394 e. The van der Waals surface area contributed by atoms with Gasteiger partial charge in [0.2, 0.25) is 0 Å². The predicted molar refractivity (Wildman–Crippen MR) is 94.1 cm³/mol. The third-order valence-electron chi connectivity index (χ3n) is 4.90. The summed E-state index contributed by atoms with van der Waals surface area (Å²) in [6.07, 6.45) is 6.96. The lowest BCUT2D eigenvalue weighted by atomic mass is 10.1. The monoisotopic (exact) mass is 360 g/mol. The maximum Gasteiger partial charge on any atom is 0.190 e. The summed E-state index contributed by atoms with van der Waals surface area (Å²) in [6, 6.07) is 0. The van der Waals surface area contributed by atoms with Crippen LogP contribution in [0.4, 0.5) is 0 Å². The fourth-order valence-electron chi connectivity index (χ4n) is 3.56. The minimum absolute atomic E-state index is 0.366. The molecule has 2 N–H and O–H groups in total. The highest BCUT2D eigenvalue weighted by molar-refractivity contribution is 4.96. The van der Waals surface area contributed by atoms with Crippen LogP contribution in [0.2, 0.25) is 0 Å². The highest BCUT2D eigenvalue weighted by Gasteiger charge is 2.56. The number of unbranched alkanes of at least 4 members (excludes halogenated alkanes) is 7. The molecule has 0 radical (unpaired) electrons. The van der Waals surface area contributed by atoms with Crippen LogP contribution in [0.1, 0.15) is 72.1 Å². The van der Waals surface area contributed by atoms with Gasteiger partial charge in [0.05, 0.1) is 6.61 Å². The zero-order chi connectivity index (χ0) is 18.3. The van der Waals surface area contributed by atoms with Crippen LogP contribution in [0.25, 0.3) is 0 Å². The van der Waals surface area contributed by atoms with Gasteiger partial charge < -0.3 is 29.2 Å². The molecule has 0 aromatic carbocycles. The third-order valence-corrected chi connectivity index (χ3v) is 4.90. The summed E-state index contributed by atoms with van der Waals surface area (Å²) >= 11 is 0. The zero-order valence-electron chi connectivity index (χ0n) is 16.0. The molecule has 25 heavy (non-hydrogen) atoms. The molecule has 2 fully saturated rings. The molecule has 2 aliphatic heterocycles. The van der Waals surface area contributed by atoms with Gasteiger partial charge in [-0.1, -0.05) is 51.9 Å². The zero-order valence-corrected chi connectivity index (χ0v) is 16.0. The summed E-state index contributed by atoms with van der Waals surface area (Å²) in [4.78, 5) is 0. The Labute approximate surface area is 151 Å². The molecule has 5 atom stereocenters. The molecular formula is C19H36O6. The minimum atomic E-state index is -0.996. The molecule has 0 aromatic rings. The molecule has 0 spiro atoms. The fraction of sp³-hybridized carbons (Fsp3) is 1.00. The Hall–Kier alpha value is -0.240. The van der Waals surface area contributed by atoms with Crippen LogP contribution >= 0.6 is 0 Å². The number of rotatable bonds is 12. The van der Waals surface area contributed by atoms with E-state index in [1.165, 1.54) is 38.5 Å². The topological polar surface area (TPSA) is 77.4 Å². The average molecular weight is 360 g/mol. The Morgan fingerprint density at radius 2 is 1.64 bits per heavy atom. The van der Waals surface area contributed by atoms with Crippen molar-refractivity contribution in [2.24, 2.45) is 0 Å². The summed E-state index contributed by atoms with van der Waals surface area (Å²) in [5.74, 6) is -0.718. The van der Waals surface area contributed by atoms with Crippen LogP contribution in [-0.4, -0.2) is 59.9 Å². The van der Waals surface area contributed by atoms with Crippen molar-refractivity contribution in [3.8, 4) is 0 Å². The first kappa shape index (κ1) is 21.1. The van der Waals surface area contributed by atoms with Crippen molar-refractivity contribution < 1.29 is 29.2 Å². The largest absolute Gasteiger partial charge is 0.394 e.